The average Bonchev–Trinajstić information content (AvgIpc) is 2.34. The largest absolute Gasteiger partial charge is 0.0880 e. The fourth-order valence-corrected chi connectivity index (χ4v) is 2.28. The molecule has 0 amide bonds. The van der Waals surface area contributed by atoms with Crippen molar-refractivity contribution in [3.63, 3.8) is 0 Å². The van der Waals surface area contributed by atoms with Gasteiger partial charge in [0, 0.05) is 5.33 Å². The quantitative estimate of drug-likeness (QED) is 0.333. The van der Waals surface area contributed by atoms with E-state index in [4.69, 9.17) is 0 Å². The van der Waals surface area contributed by atoms with E-state index in [0.717, 1.165) is 5.33 Å². The number of hydrogen-bond acceptors (Lipinski definition) is 0. The third-order valence-electron chi connectivity index (χ3n) is 2.94. The van der Waals surface area contributed by atoms with Gasteiger partial charge in [-0.3, -0.25) is 0 Å². The van der Waals surface area contributed by atoms with Crippen LogP contribution in [-0.2, 0) is 0 Å². The predicted molar refractivity (Wildman–Crippen MR) is 88.4 cm³/mol. The Hall–Kier alpha value is -0.300. The summed E-state index contributed by atoms with van der Waals surface area (Å²) in [7, 11) is 0. The topological polar surface area (TPSA) is 0 Å². The lowest BCUT2D eigenvalue weighted by molar-refractivity contribution is 0.896. The Morgan fingerprint density at radius 2 is 1.56 bits per heavy atom. The summed E-state index contributed by atoms with van der Waals surface area (Å²) in [5.41, 5.74) is 4.49. The van der Waals surface area contributed by atoms with Crippen LogP contribution in [0.3, 0.4) is 0 Å². The van der Waals surface area contributed by atoms with Crippen LogP contribution in [0.5, 0.6) is 0 Å². The van der Waals surface area contributed by atoms with Crippen molar-refractivity contribution in [1.29, 1.82) is 0 Å². The molecule has 0 saturated heterocycles. The fourth-order valence-electron chi connectivity index (χ4n) is 1.77. The highest BCUT2D eigenvalue weighted by Gasteiger charge is 1.95. The van der Waals surface area contributed by atoms with E-state index < -0.39 is 0 Å². The molecule has 0 bridgehead atoms. The minimum Gasteiger partial charge on any atom is -0.0880 e. The molecule has 104 valence electrons. The number of unbranched alkanes of at least 4 members (excludes halogenated alkanes) is 1. The average molecular weight is 313 g/mol. The maximum atomic E-state index is 3.59. The van der Waals surface area contributed by atoms with Crippen molar-refractivity contribution in [2.24, 2.45) is 0 Å². The van der Waals surface area contributed by atoms with Crippen LogP contribution in [0, 0.1) is 0 Å². The molecular weight excluding hydrogens is 284 g/mol. The lowest BCUT2D eigenvalue weighted by Gasteiger charge is -2.03. The van der Waals surface area contributed by atoms with Gasteiger partial charge in [-0.05, 0) is 52.9 Å². The lowest BCUT2D eigenvalue weighted by atomic mass is 10.1. The fraction of sp³-hybridized carbons (Fsp3) is 0.647. The third-order valence-corrected chi connectivity index (χ3v) is 3.66. The summed E-state index contributed by atoms with van der Waals surface area (Å²) in [5, 5.41) is 1.02. The summed E-state index contributed by atoms with van der Waals surface area (Å²) < 4.78 is 0. The Labute approximate surface area is 122 Å². The van der Waals surface area contributed by atoms with Crippen LogP contribution in [-0.4, -0.2) is 5.33 Å². The molecule has 0 fully saturated rings. The molecule has 0 aromatic rings. The van der Waals surface area contributed by atoms with Crippen LogP contribution >= 0.6 is 15.9 Å². The van der Waals surface area contributed by atoms with Crippen LogP contribution < -0.4 is 0 Å². The van der Waals surface area contributed by atoms with E-state index in [9.17, 15) is 0 Å². The van der Waals surface area contributed by atoms with E-state index in [1.807, 2.05) is 0 Å². The van der Waals surface area contributed by atoms with Crippen molar-refractivity contribution in [2.75, 3.05) is 5.33 Å². The van der Waals surface area contributed by atoms with E-state index in [-0.39, 0.29) is 0 Å². The summed E-state index contributed by atoms with van der Waals surface area (Å²) in [4.78, 5) is 0. The van der Waals surface area contributed by atoms with E-state index in [2.05, 4.69) is 61.9 Å². The van der Waals surface area contributed by atoms with Crippen LogP contribution in [0.25, 0.3) is 0 Å². The molecule has 0 atom stereocenters. The molecular formula is C17H29Br. The molecule has 0 heterocycles. The van der Waals surface area contributed by atoms with E-state index >= 15 is 0 Å². The van der Waals surface area contributed by atoms with Gasteiger partial charge in [0.05, 0.1) is 0 Å². The summed E-state index contributed by atoms with van der Waals surface area (Å²) in [6.45, 7) is 8.81. The minimum absolute atomic E-state index is 1.02. The number of hydrogen-bond donors (Lipinski definition) is 0. The second-order valence-corrected chi connectivity index (χ2v) is 5.75. The SMILES string of the molecule is CCC/C=C(\C)CC/C=C(/CBr)CCC=C(C)C. The molecule has 0 nitrogen and oxygen atoms in total. The first-order chi connectivity index (χ1) is 8.60. The molecule has 0 aliphatic heterocycles. The Morgan fingerprint density at radius 1 is 0.889 bits per heavy atom. The second-order valence-electron chi connectivity index (χ2n) is 5.19. The van der Waals surface area contributed by atoms with Gasteiger partial charge in [-0.15, -0.1) is 0 Å². The third kappa shape index (κ3) is 10.8. The van der Waals surface area contributed by atoms with Crippen molar-refractivity contribution >= 4 is 15.9 Å². The molecule has 1 heteroatoms. The Bertz CT molecular complexity index is 291. The molecule has 0 aromatic heterocycles. The Morgan fingerprint density at radius 3 is 2.11 bits per heavy atom. The minimum atomic E-state index is 1.02. The highest BCUT2D eigenvalue weighted by molar-refractivity contribution is 9.09. The molecule has 0 radical (unpaired) electrons. The van der Waals surface area contributed by atoms with Gasteiger partial charge in [0.25, 0.3) is 0 Å². The van der Waals surface area contributed by atoms with Crippen molar-refractivity contribution in [1.82, 2.24) is 0 Å². The molecule has 0 aromatic carbocycles. The Kier molecular flexibility index (Phi) is 11.6. The predicted octanol–water partition coefficient (Wildman–Crippen LogP) is 6.58. The van der Waals surface area contributed by atoms with Gasteiger partial charge < -0.3 is 0 Å². The maximum Gasteiger partial charge on any atom is 0.0241 e. The summed E-state index contributed by atoms with van der Waals surface area (Å²) >= 11 is 3.59. The molecule has 18 heavy (non-hydrogen) atoms. The van der Waals surface area contributed by atoms with Crippen LogP contribution in [0.1, 0.15) is 66.2 Å². The lowest BCUT2D eigenvalue weighted by Crippen LogP contribution is -1.86. The molecule has 0 unspecified atom stereocenters. The second kappa shape index (κ2) is 11.8. The number of allylic oxidation sites excluding steroid dienone is 6. The molecule has 0 rings (SSSR count). The number of rotatable bonds is 9. The first-order valence-electron chi connectivity index (χ1n) is 7.13. The molecule has 0 aliphatic carbocycles. The monoisotopic (exact) mass is 312 g/mol. The Balaban J connectivity index is 4.01. The first kappa shape index (κ1) is 17.7. The summed E-state index contributed by atoms with van der Waals surface area (Å²) in [6.07, 6.45) is 14.3. The smallest absolute Gasteiger partial charge is 0.0241 e. The van der Waals surface area contributed by atoms with Gasteiger partial charge in [0.1, 0.15) is 0 Å². The van der Waals surface area contributed by atoms with Crippen LogP contribution in [0.4, 0.5) is 0 Å². The van der Waals surface area contributed by atoms with Crippen LogP contribution in [0.2, 0.25) is 0 Å². The number of halogens is 1. The maximum absolute atomic E-state index is 3.59. The molecule has 0 spiro atoms. The molecule has 0 aliphatic rings. The summed E-state index contributed by atoms with van der Waals surface area (Å²) in [6, 6.07) is 0. The van der Waals surface area contributed by atoms with Gasteiger partial charge in [-0.25, -0.2) is 0 Å². The molecule has 0 N–H and O–H groups in total. The number of alkyl halides is 1. The van der Waals surface area contributed by atoms with Crippen molar-refractivity contribution in [2.45, 2.75) is 66.2 Å². The van der Waals surface area contributed by atoms with Crippen molar-refractivity contribution in [3.05, 3.63) is 34.9 Å². The summed E-state index contributed by atoms with van der Waals surface area (Å²) in [5.74, 6) is 0. The van der Waals surface area contributed by atoms with Gasteiger partial charge in [0.15, 0.2) is 0 Å². The highest BCUT2D eigenvalue weighted by atomic mass is 79.9. The zero-order chi connectivity index (χ0) is 13.8. The zero-order valence-corrected chi connectivity index (χ0v) is 14.1. The van der Waals surface area contributed by atoms with Crippen molar-refractivity contribution < 1.29 is 0 Å². The van der Waals surface area contributed by atoms with E-state index in [1.165, 1.54) is 55.2 Å². The molecule has 0 saturated carbocycles. The van der Waals surface area contributed by atoms with Gasteiger partial charge in [-0.1, -0.05) is 64.2 Å². The van der Waals surface area contributed by atoms with Gasteiger partial charge >= 0.3 is 0 Å². The van der Waals surface area contributed by atoms with E-state index in [0.29, 0.717) is 0 Å². The van der Waals surface area contributed by atoms with Gasteiger partial charge in [-0.2, -0.15) is 0 Å². The zero-order valence-electron chi connectivity index (χ0n) is 12.6. The van der Waals surface area contributed by atoms with Crippen LogP contribution in [0.15, 0.2) is 34.9 Å². The van der Waals surface area contributed by atoms with E-state index in [1.54, 1.807) is 0 Å². The standard InChI is InChI=1S/C17H29Br/c1-5-6-10-16(4)11-8-13-17(14-18)12-7-9-15(2)3/h9-10,13H,5-8,11-12,14H2,1-4H3/b16-10+,17-13+. The van der Waals surface area contributed by atoms with Gasteiger partial charge in [0.2, 0.25) is 0 Å². The highest BCUT2D eigenvalue weighted by Crippen LogP contribution is 2.14. The normalized spacial score (nSPS) is 12.7. The first-order valence-corrected chi connectivity index (χ1v) is 8.25. The van der Waals surface area contributed by atoms with Crippen molar-refractivity contribution in [3.8, 4) is 0 Å².